The van der Waals surface area contributed by atoms with Gasteiger partial charge in [-0.3, -0.25) is 14.4 Å². The number of fused-ring (bicyclic) bond motifs is 5. The highest BCUT2D eigenvalue weighted by Crippen LogP contribution is 2.45. The summed E-state index contributed by atoms with van der Waals surface area (Å²) in [6.07, 6.45) is 7.62. The fraction of sp³-hybridized carbons (Fsp3) is 0.610. The van der Waals surface area contributed by atoms with Gasteiger partial charge in [0.1, 0.15) is 23.4 Å². The molecule has 2 aromatic heterocycles. The summed E-state index contributed by atoms with van der Waals surface area (Å²) in [5.41, 5.74) is -0.510. The number of allylic oxidation sites excluding steroid dienone is 1. The first-order chi connectivity index (χ1) is 26.9. The molecule has 16 heteroatoms. The molecular weight excluding hydrogens is 753 g/mol. The van der Waals surface area contributed by atoms with Gasteiger partial charge in [-0.25, -0.2) is 27.9 Å². The molecule has 0 aromatic carbocycles. The number of amides is 4. The number of rotatable bonds is 6. The third-order valence-electron chi connectivity index (χ3n) is 11.7. The van der Waals surface area contributed by atoms with Crippen molar-refractivity contribution in [2.24, 2.45) is 11.3 Å². The molecule has 0 unspecified atom stereocenters. The number of carbonyl (C=O) groups is 4. The van der Waals surface area contributed by atoms with Crippen LogP contribution in [0.25, 0.3) is 11.0 Å². The third-order valence-corrected chi connectivity index (χ3v) is 13.8. The lowest BCUT2D eigenvalue weighted by atomic mass is 9.75. The third kappa shape index (κ3) is 7.87. The van der Waals surface area contributed by atoms with Crippen LogP contribution in [0.3, 0.4) is 0 Å². The average Bonchev–Trinajstić information content (AvgIpc) is 3.82. The number of pyridine rings is 2. The zero-order valence-corrected chi connectivity index (χ0v) is 34.3. The Morgan fingerprint density at radius 2 is 1.89 bits per heavy atom. The van der Waals surface area contributed by atoms with Gasteiger partial charge in [0.25, 0.3) is 5.91 Å². The number of methoxy groups -OCH3 is 1. The molecule has 5 heterocycles. The normalized spacial score (nSPS) is 28.7. The van der Waals surface area contributed by atoms with Gasteiger partial charge in [0.05, 0.1) is 47.7 Å². The summed E-state index contributed by atoms with van der Waals surface area (Å²) in [6, 6.07) is 1.37. The summed E-state index contributed by atoms with van der Waals surface area (Å²) in [5.74, 6) is 3.72. The van der Waals surface area contributed by atoms with E-state index < -0.39 is 67.7 Å². The molecule has 306 valence electrons. The summed E-state index contributed by atoms with van der Waals surface area (Å²) < 4.78 is 45.4. The van der Waals surface area contributed by atoms with Crippen molar-refractivity contribution in [2.45, 2.75) is 127 Å². The monoisotopic (exact) mass is 804 g/mol. The smallest absolute Gasteiger partial charge is 0.407 e. The molecule has 15 nitrogen and oxygen atoms in total. The van der Waals surface area contributed by atoms with E-state index in [0.29, 0.717) is 73.3 Å². The zero-order valence-electron chi connectivity index (χ0n) is 33.5. The Labute approximate surface area is 333 Å². The molecule has 5 atom stereocenters. The minimum absolute atomic E-state index is 0.0114. The molecule has 5 aliphatic rings. The first-order valence-corrected chi connectivity index (χ1v) is 21.2. The van der Waals surface area contributed by atoms with Crippen LogP contribution in [0.5, 0.6) is 11.6 Å². The molecule has 3 N–H and O–H groups in total. The Bertz CT molecular complexity index is 2200. The van der Waals surface area contributed by atoms with Crippen LogP contribution in [0, 0.1) is 30.1 Å². The van der Waals surface area contributed by atoms with Crippen LogP contribution in [0.15, 0.2) is 24.3 Å². The average molecular weight is 805 g/mol. The summed E-state index contributed by atoms with van der Waals surface area (Å²) in [4.78, 5) is 67.6. The minimum Gasteiger partial charge on any atom is -0.483 e. The highest BCUT2D eigenvalue weighted by atomic mass is 32.2. The van der Waals surface area contributed by atoms with Gasteiger partial charge in [0.2, 0.25) is 27.7 Å². The largest absolute Gasteiger partial charge is 0.483 e. The number of hydrogen-bond acceptors (Lipinski definition) is 11. The highest BCUT2D eigenvalue weighted by molar-refractivity contribution is 7.91. The number of carbonyl (C=O) groups excluding carboxylic acids is 4. The number of ether oxygens (including phenoxy) is 3. The van der Waals surface area contributed by atoms with Crippen LogP contribution < -0.4 is 24.8 Å². The number of nitrogens with zero attached hydrogens (tertiary/aromatic N) is 3. The number of nitrogens with one attached hydrogen (secondary N) is 3. The molecule has 1 saturated heterocycles. The van der Waals surface area contributed by atoms with Crippen LogP contribution in [-0.2, 0) is 35.6 Å². The Balaban J connectivity index is 1.25. The van der Waals surface area contributed by atoms with E-state index >= 15 is 0 Å². The van der Waals surface area contributed by atoms with Gasteiger partial charge in [-0.15, -0.1) is 0 Å². The molecule has 0 bridgehead atoms. The molecule has 2 aliphatic carbocycles. The molecule has 1 saturated carbocycles. The predicted molar refractivity (Wildman–Crippen MR) is 209 cm³/mol. The maximum atomic E-state index is 14.8. The van der Waals surface area contributed by atoms with E-state index in [9.17, 15) is 27.6 Å². The van der Waals surface area contributed by atoms with E-state index in [-0.39, 0.29) is 25.0 Å². The Morgan fingerprint density at radius 3 is 2.58 bits per heavy atom. The van der Waals surface area contributed by atoms with Crippen LogP contribution >= 0.6 is 0 Å². The van der Waals surface area contributed by atoms with Crippen LogP contribution in [0.4, 0.5) is 4.79 Å². The van der Waals surface area contributed by atoms with E-state index in [1.807, 2.05) is 39.8 Å². The van der Waals surface area contributed by atoms with Gasteiger partial charge >= 0.3 is 6.09 Å². The predicted octanol–water partition coefficient (Wildman–Crippen LogP) is 3.76. The molecule has 1 spiro atoms. The second-order valence-electron chi connectivity index (χ2n) is 17.5. The first-order valence-electron chi connectivity index (χ1n) is 19.7. The van der Waals surface area contributed by atoms with Gasteiger partial charge < -0.3 is 29.7 Å². The van der Waals surface area contributed by atoms with E-state index in [1.165, 1.54) is 12.0 Å². The van der Waals surface area contributed by atoms with Gasteiger partial charge in [-0.05, 0) is 70.3 Å². The van der Waals surface area contributed by atoms with E-state index in [4.69, 9.17) is 19.2 Å². The molecule has 4 amide bonds. The molecule has 7 rings (SSSR count). The maximum absolute atomic E-state index is 14.8. The van der Waals surface area contributed by atoms with Crippen molar-refractivity contribution < 1.29 is 41.8 Å². The molecule has 2 fully saturated rings. The Hall–Kier alpha value is -4.91. The van der Waals surface area contributed by atoms with Gasteiger partial charge in [0.15, 0.2) is 5.54 Å². The summed E-state index contributed by atoms with van der Waals surface area (Å²) in [7, 11) is -2.54. The van der Waals surface area contributed by atoms with Crippen molar-refractivity contribution in [1.82, 2.24) is 30.2 Å². The highest BCUT2D eigenvalue weighted by Gasteiger charge is 2.58. The number of sulfonamides is 1. The second-order valence-corrected chi connectivity index (χ2v) is 19.7. The summed E-state index contributed by atoms with van der Waals surface area (Å²) >= 11 is 0. The lowest BCUT2D eigenvalue weighted by Crippen LogP contribution is -2.68. The number of aryl methyl sites for hydroxylation is 2. The number of alkyl carbamates (subject to hydrolysis) is 1. The van der Waals surface area contributed by atoms with Crippen molar-refractivity contribution in [3.8, 4) is 23.5 Å². The second kappa shape index (κ2) is 14.8. The quantitative estimate of drug-likeness (QED) is 0.284. The molecule has 0 radical (unpaired) electrons. The summed E-state index contributed by atoms with van der Waals surface area (Å²) in [5, 5.41) is 5.61. The Kier molecular flexibility index (Phi) is 10.5. The van der Waals surface area contributed by atoms with Crippen molar-refractivity contribution in [1.29, 1.82) is 0 Å². The fourth-order valence-electron chi connectivity index (χ4n) is 7.92. The Morgan fingerprint density at radius 1 is 1.12 bits per heavy atom. The van der Waals surface area contributed by atoms with Gasteiger partial charge in [-0.1, -0.05) is 57.6 Å². The maximum Gasteiger partial charge on any atom is 0.407 e. The molecule has 2 aromatic rings. The molecular formula is C41H52N6O9S. The van der Waals surface area contributed by atoms with E-state index in [1.54, 1.807) is 19.1 Å². The number of aromatic nitrogens is 2. The fourth-order valence-corrected chi connectivity index (χ4v) is 9.21. The van der Waals surface area contributed by atoms with E-state index in [0.717, 1.165) is 18.4 Å². The molecule has 3 aliphatic heterocycles. The van der Waals surface area contributed by atoms with Crippen molar-refractivity contribution in [2.75, 3.05) is 20.3 Å². The van der Waals surface area contributed by atoms with Crippen molar-refractivity contribution in [3.63, 3.8) is 0 Å². The van der Waals surface area contributed by atoms with Crippen molar-refractivity contribution >= 4 is 44.9 Å². The van der Waals surface area contributed by atoms with Gasteiger partial charge in [-0.2, -0.15) is 0 Å². The van der Waals surface area contributed by atoms with Crippen LogP contribution in [0.2, 0.25) is 0 Å². The SMILES string of the molecule is COc1ccc2nc(C)c3c(c2n1)CC[C@]1(C[C@H]2C(=O)N[C@]4(C(=O)NS(=O)(=O)C5(C)CC5)C#C[C@H]4/C=C\CCCCC[C@H](NC(=O)OCC(C)(C)C)C(=O)N2C1)O3. The lowest BCUT2D eigenvalue weighted by Gasteiger charge is -2.38. The lowest BCUT2D eigenvalue weighted by molar-refractivity contribution is -0.142. The number of hydrogen-bond donors (Lipinski definition) is 3. The van der Waals surface area contributed by atoms with Crippen LogP contribution in [-0.4, -0.2) is 95.3 Å². The minimum atomic E-state index is -4.08. The van der Waals surface area contributed by atoms with Crippen molar-refractivity contribution in [3.05, 3.63) is 35.5 Å². The first kappa shape index (κ1) is 40.3. The summed E-state index contributed by atoms with van der Waals surface area (Å²) in [6.45, 7) is 9.30. The van der Waals surface area contributed by atoms with E-state index in [2.05, 4.69) is 32.2 Å². The zero-order chi connectivity index (χ0) is 41.0. The standard InChI is InChI=1S/C41H52N6O9S/c1-25-33-27(32-28(42-25)14-15-31(44-32)54-6)17-18-40(56-33)22-30-34(48)45-41(36(50)46-57(52,53)39(5)20-21-39)19-16-26(41)12-10-8-7-9-11-13-29(35(49)47(30)23-40)43-37(51)55-24-38(2,3)4/h10,12,14-15,26,29-30H,7-9,11,13,17-18,20-24H2,1-6H3,(H,43,51)(H,45,48)(H,46,50)/b12-10-/t26-,29+,30+,40-,41-/m1/s1. The molecule has 57 heavy (non-hydrogen) atoms. The topological polar surface area (TPSA) is 195 Å². The van der Waals surface area contributed by atoms with Gasteiger partial charge in [0, 0.05) is 18.1 Å². The van der Waals surface area contributed by atoms with Crippen LogP contribution in [0.1, 0.15) is 96.7 Å².